The molecule has 8 heteroatoms. The smallest absolute Gasteiger partial charge is 0.138 e. The molecular formula is C30H30N6O2. The summed E-state index contributed by atoms with van der Waals surface area (Å²) >= 11 is 0. The number of nitrogens with one attached hydrogen (secondary N) is 1. The van der Waals surface area contributed by atoms with Crippen LogP contribution in [0.5, 0.6) is 5.75 Å². The molecule has 6 rings (SSSR count). The fraction of sp³-hybridized carbons (Fsp3) is 0.300. The van der Waals surface area contributed by atoms with Crippen molar-refractivity contribution in [2.24, 2.45) is 0 Å². The van der Waals surface area contributed by atoms with Crippen molar-refractivity contribution in [3.05, 3.63) is 90.0 Å². The highest BCUT2D eigenvalue weighted by atomic mass is 16.5. The zero-order valence-corrected chi connectivity index (χ0v) is 21.6. The van der Waals surface area contributed by atoms with Gasteiger partial charge in [0.1, 0.15) is 24.2 Å². The lowest BCUT2D eigenvalue weighted by Crippen LogP contribution is -2.53. The topological polar surface area (TPSA) is 98.7 Å². The van der Waals surface area contributed by atoms with Gasteiger partial charge < -0.3 is 20.1 Å². The van der Waals surface area contributed by atoms with Gasteiger partial charge in [-0.25, -0.2) is 9.50 Å². The van der Waals surface area contributed by atoms with E-state index < -0.39 is 5.60 Å². The Morgan fingerprint density at radius 1 is 1.18 bits per heavy atom. The lowest BCUT2D eigenvalue weighted by Gasteiger charge is -2.39. The van der Waals surface area contributed by atoms with Crippen molar-refractivity contribution in [2.45, 2.75) is 37.8 Å². The molecule has 5 heterocycles. The second-order valence-electron chi connectivity index (χ2n) is 10.8. The van der Waals surface area contributed by atoms with E-state index in [1.165, 1.54) is 11.3 Å². The lowest BCUT2D eigenvalue weighted by molar-refractivity contribution is 0.0283. The Balaban J connectivity index is 1.21. The highest BCUT2D eigenvalue weighted by Gasteiger charge is 2.42. The monoisotopic (exact) mass is 506 g/mol. The quantitative estimate of drug-likeness (QED) is 0.389. The van der Waals surface area contributed by atoms with Gasteiger partial charge in [0.2, 0.25) is 0 Å². The van der Waals surface area contributed by atoms with E-state index in [9.17, 15) is 10.4 Å². The van der Waals surface area contributed by atoms with Crippen LogP contribution in [0.15, 0.2) is 78.9 Å². The highest BCUT2D eigenvalue weighted by Crippen LogP contribution is 2.36. The molecule has 0 bridgehead atoms. The first-order chi connectivity index (χ1) is 18.3. The summed E-state index contributed by atoms with van der Waals surface area (Å²) in [7, 11) is 0. The van der Waals surface area contributed by atoms with E-state index in [0.29, 0.717) is 16.8 Å². The molecule has 8 nitrogen and oxygen atoms in total. The van der Waals surface area contributed by atoms with Crippen molar-refractivity contribution < 1.29 is 9.84 Å². The van der Waals surface area contributed by atoms with Crippen molar-refractivity contribution in [1.82, 2.24) is 19.9 Å². The van der Waals surface area contributed by atoms with Gasteiger partial charge in [-0.05, 0) is 50.1 Å². The van der Waals surface area contributed by atoms with Crippen molar-refractivity contribution in [2.75, 3.05) is 24.6 Å². The van der Waals surface area contributed by atoms with Gasteiger partial charge in [0.05, 0.1) is 34.6 Å². The van der Waals surface area contributed by atoms with Crippen LogP contribution in [-0.2, 0) is 6.42 Å². The molecule has 0 aliphatic carbocycles. The number of nitriles is 1. The van der Waals surface area contributed by atoms with Gasteiger partial charge in [-0.1, -0.05) is 30.3 Å². The predicted octanol–water partition coefficient (Wildman–Crippen LogP) is 4.10. The van der Waals surface area contributed by atoms with Crippen molar-refractivity contribution in [3.8, 4) is 22.9 Å². The standard InChI is InChI=1S/C30H30N6O2/c1-29(2,37)20-38-25-13-26(28-23(15-31)17-33-36(28)18-25)22-8-9-27(32-16-22)35-11-10-30(19-35)14-24(34-30)12-21-6-4-3-5-7-21/h3-9,13-14,16-18,34,37H,10-12,19-20H2,1-2H3/t30-/m1/s1. The van der Waals surface area contributed by atoms with E-state index in [0.717, 1.165) is 42.9 Å². The third-order valence-electron chi connectivity index (χ3n) is 7.08. The summed E-state index contributed by atoms with van der Waals surface area (Å²) in [5, 5.41) is 27.8. The first-order valence-corrected chi connectivity index (χ1v) is 12.8. The van der Waals surface area contributed by atoms with Gasteiger partial charge in [-0.3, -0.25) is 0 Å². The molecular weight excluding hydrogens is 476 g/mol. The Bertz CT molecular complexity index is 1550. The number of fused-ring (bicyclic) bond motifs is 1. The van der Waals surface area contributed by atoms with Crippen LogP contribution in [0.1, 0.15) is 31.4 Å². The van der Waals surface area contributed by atoms with E-state index in [4.69, 9.17) is 9.72 Å². The average Bonchev–Trinajstić information content (AvgIpc) is 3.52. The molecule has 1 fully saturated rings. The number of aromatic nitrogens is 3. The number of anilines is 1. The van der Waals surface area contributed by atoms with Gasteiger partial charge in [-0.2, -0.15) is 10.4 Å². The first-order valence-electron chi connectivity index (χ1n) is 12.8. The minimum Gasteiger partial charge on any atom is -0.489 e. The average molecular weight is 507 g/mol. The summed E-state index contributed by atoms with van der Waals surface area (Å²) in [5.74, 6) is 1.48. The van der Waals surface area contributed by atoms with Crippen LogP contribution in [0.3, 0.4) is 0 Å². The number of hydrogen-bond donors (Lipinski definition) is 2. The van der Waals surface area contributed by atoms with E-state index in [1.807, 2.05) is 30.5 Å². The van der Waals surface area contributed by atoms with Crippen molar-refractivity contribution in [1.29, 1.82) is 5.26 Å². The number of nitrogens with zero attached hydrogens (tertiary/aromatic N) is 5. The summed E-state index contributed by atoms with van der Waals surface area (Å²) < 4.78 is 7.49. The van der Waals surface area contributed by atoms with Gasteiger partial charge in [0, 0.05) is 42.5 Å². The van der Waals surface area contributed by atoms with Crippen LogP contribution in [-0.4, -0.2) is 50.5 Å². The fourth-order valence-corrected chi connectivity index (χ4v) is 5.28. The van der Waals surface area contributed by atoms with Crippen LogP contribution in [0.4, 0.5) is 5.82 Å². The van der Waals surface area contributed by atoms with Crippen LogP contribution >= 0.6 is 0 Å². The molecule has 2 N–H and O–H groups in total. The maximum absolute atomic E-state index is 10.1. The number of allylic oxidation sites excluding steroid dienone is 1. The van der Waals surface area contributed by atoms with Gasteiger partial charge in [0.15, 0.2) is 0 Å². The second kappa shape index (κ2) is 9.19. The predicted molar refractivity (Wildman–Crippen MR) is 146 cm³/mol. The molecule has 0 unspecified atom stereocenters. The van der Waals surface area contributed by atoms with Crippen molar-refractivity contribution in [3.63, 3.8) is 0 Å². The zero-order chi connectivity index (χ0) is 26.3. The Morgan fingerprint density at radius 3 is 2.71 bits per heavy atom. The summed E-state index contributed by atoms with van der Waals surface area (Å²) in [5.41, 5.74) is 4.49. The highest BCUT2D eigenvalue weighted by molar-refractivity contribution is 5.85. The van der Waals surface area contributed by atoms with Crippen LogP contribution < -0.4 is 15.0 Å². The molecule has 2 aliphatic rings. The normalized spacial score (nSPS) is 18.7. The molecule has 1 saturated heterocycles. The molecule has 1 atom stereocenters. The molecule has 1 spiro atoms. The number of benzene rings is 1. The third kappa shape index (κ3) is 4.69. The molecule has 0 amide bonds. The zero-order valence-electron chi connectivity index (χ0n) is 21.6. The molecule has 0 radical (unpaired) electrons. The van der Waals surface area contributed by atoms with Gasteiger partial charge in [0.25, 0.3) is 0 Å². The number of rotatable bonds is 7. The largest absolute Gasteiger partial charge is 0.489 e. The third-order valence-corrected chi connectivity index (χ3v) is 7.08. The van der Waals surface area contributed by atoms with E-state index >= 15 is 0 Å². The Labute approximate surface area is 221 Å². The fourth-order valence-electron chi connectivity index (χ4n) is 5.28. The minimum atomic E-state index is -0.972. The summed E-state index contributed by atoms with van der Waals surface area (Å²) in [6.07, 6.45) is 9.47. The summed E-state index contributed by atoms with van der Waals surface area (Å²) in [4.78, 5) is 7.10. The van der Waals surface area contributed by atoms with Crippen LogP contribution in [0.2, 0.25) is 0 Å². The van der Waals surface area contributed by atoms with E-state index in [2.05, 4.69) is 51.7 Å². The number of hydrogen-bond acceptors (Lipinski definition) is 7. The van der Waals surface area contributed by atoms with Crippen LogP contribution in [0, 0.1) is 11.3 Å². The second-order valence-corrected chi connectivity index (χ2v) is 10.8. The SMILES string of the molecule is CC(C)(O)COc1cc(-c2ccc(N3CC[C@@]4(C=C(Cc5ccccc5)N4)C3)nc2)c2c(C#N)cnn2c1. The Morgan fingerprint density at radius 2 is 2.00 bits per heavy atom. The number of ether oxygens (including phenoxy) is 1. The number of pyridine rings is 2. The maximum Gasteiger partial charge on any atom is 0.138 e. The van der Waals surface area contributed by atoms with E-state index in [-0.39, 0.29) is 12.1 Å². The van der Waals surface area contributed by atoms with Crippen LogP contribution in [0.25, 0.3) is 16.6 Å². The van der Waals surface area contributed by atoms with Gasteiger partial charge >= 0.3 is 0 Å². The van der Waals surface area contributed by atoms with Crippen molar-refractivity contribution >= 4 is 11.3 Å². The first kappa shape index (κ1) is 24.0. The Kier molecular flexibility index (Phi) is 5.81. The molecule has 0 saturated carbocycles. The minimum absolute atomic E-state index is 0.0159. The lowest BCUT2D eigenvalue weighted by atomic mass is 9.87. The Hall–Kier alpha value is -4.35. The molecule has 4 aromatic rings. The molecule has 3 aromatic heterocycles. The van der Waals surface area contributed by atoms with Gasteiger partial charge in [-0.15, -0.1) is 0 Å². The maximum atomic E-state index is 10.1. The molecule has 38 heavy (non-hydrogen) atoms. The molecule has 192 valence electrons. The summed E-state index contributed by atoms with van der Waals surface area (Å²) in [6, 6.07) is 18.7. The number of aliphatic hydroxyl groups is 1. The molecule has 2 aliphatic heterocycles. The molecule has 1 aromatic carbocycles. The van der Waals surface area contributed by atoms with E-state index in [1.54, 1.807) is 30.8 Å². The summed E-state index contributed by atoms with van der Waals surface area (Å²) in [6.45, 7) is 5.33.